The summed E-state index contributed by atoms with van der Waals surface area (Å²) in [6.07, 6.45) is 0.982. The molecular formula is C14H21BOP+. The van der Waals surface area contributed by atoms with Crippen LogP contribution in [0.5, 0.6) is 5.75 Å². The molecule has 0 N–H and O–H groups in total. The molecule has 90 valence electrons. The van der Waals surface area contributed by atoms with Crippen LogP contribution < -0.4 is 10.0 Å². The van der Waals surface area contributed by atoms with Gasteiger partial charge in [-0.25, -0.2) is 0 Å². The van der Waals surface area contributed by atoms with Crippen molar-refractivity contribution < 1.29 is 4.74 Å². The summed E-state index contributed by atoms with van der Waals surface area (Å²) in [6, 6.07) is 6.41. The van der Waals surface area contributed by atoms with Crippen LogP contribution in [0.15, 0.2) is 18.2 Å². The van der Waals surface area contributed by atoms with Crippen molar-refractivity contribution in [1.82, 2.24) is 0 Å². The minimum atomic E-state index is -1.08. The number of rotatable bonds is 1. The lowest BCUT2D eigenvalue weighted by molar-refractivity contribution is 0.140. The molecule has 2 radical (unpaired) electrons. The molecule has 1 aromatic rings. The highest BCUT2D eigenvalue weighted by atomic mass is 31.1. The van der Waals surface area contributed by atoms with Gasteiger partial charge in [-0.2, -0.15) is 0 Å². The van der Waals surface area contributed by atoms with Crippen LogP contribution in [0.4, 0.5) is 0 Å². The Balaban J connectivity index is 2.43. The maximum absolute atomic E-state index is 6.46. The molecule has 1 aliphatic rings. The van der Waals surface area contributed by atoms with Gasteiger partial charge in [0, 0.05) is 12.0 Å². The summed E-state index contributed by atoms with van der Waals surface area (Å²) in [6.45, 7) is 10.9. The summed E-state index contributed by atoms with van der Waals surface area (Å²) in [5, 5.41) is 1.39. The first-order chi connectivity index (χ1) is 7.71. The SMILES string of the molecule is [B][PH+](c1cccc2c1OC(C)(C)C2)C(C)(C)C. The predicted octanol–water partition coefficient (Wildman–Crippen LogP) is 3.12. The molecule has 1 heterocycles. The average Bonchev–Trinajstić information content (AvgIpc) is 2.48. The van der Waals surface area contributed by atoms with Gasteiger partial charge in [0.2, 0.25) is 0 Å². The fraction of sp³-hybridized carbons (Fsp3) is 0.571. The molecule has 1 aliphatic heterocycles. The van der Waals surface area contributed by atoms with Crippen molar-refractivity contribution in [3.8, 4) is 5.75 Å². The van der Waals surface area contributed by atoms with Gasteiger partial charge in [-0.15, -0.1) is 0 Å². The van der Waals surface area contributed by atoms with Crippen LogP contribution in [-0.2, 0) is 6.42 Å². The lowest BCUT2D eigenvalue weighted by Crippen LogP contribution is -2.26. The Labute approximate surface area is 107 Å². The molecule has 1 aromatic carbocycles. The molecule has 0 saturated heterocycles. The van der Waals surface area contributed by atoms with E-state index in [1.54, 1.807) is 0 Å². The summed E-state index contributed by atoms with van der Waals surface area (Å²) in [5.74, 6) is 1.06. The van der Waals surface area contributed by atoms with E-state index in [4.69, 9.17) is 12.3 Å². The Bertz CT molecular complexity index is 434. The smallest absolute Gasteiger partial charge is 0.369 e. The van der Waals surface area contributed by atoms with E-state index in [0.717, 1.165) is 12.2 Å². The zero-order valence-corrected chi connectivity index (χ0v) is 12.4. The standard InChI is InChI=1S/C14H21BOP/c1-13(2,3)17(15)11-8-6-7-10-9-14(4,5)16-12(10)11/h6-8,17H,9H2,1-5H3/q+1. The predicted molar refractivity (Wildman–Crippen MR) is 78.3 cm³/mol. The Kier molecular flexibility index (Phi) is 3.06. The van der Waals surface area contributed by atoms with Crippen LogP contribution in [0.2, 0.25) is 0 Å². The molecule has 0 fully saturated rings. The Morgan fingerprint density at radius 2 is 1.94 bits per heavy atom. The van der Waals surface area contributed by atoms with Gasteiger partial charge in [0.1, 0.15) is 10.9 Å². The largest absolute Gasteiger partial charge is 0.483 e. The van der Waals surface area contributed by atoms with Gasteiger partial charge in [0.15, 0.2) is 5.75 Å². The number of hydrogen-bond donors (Lipinski definition) is 0. The van der Waals surface area contributed by atoms with E-state index < -0.39 is 7.80 Å². The molecule has 0 saturated carbocycles. The monoisotopic (exact) mass is 247 g/mol. The Morgan fingerprint density at radius 1 is 1.29 bits per heavy atom. The fourth-order valence-corrected chi connectivity index (χ4v) is 3.77. The molecule has 0 bridgehead atoms. The van der Waals surface area contributed by atoms with Gasteiger partial charge in [0.25, 0.3) is 0 Å². The third-order valence-corrected chi connectivity index (χ3v) is 5.78. The van der Waals surface area contributed by atoms with Gasteiger partial charge in [0.05, 0.1) is 5.16 Å². The molecule has 3 heteroatoms. The fourth-order valence-electron chi connectivity index (χ4n) is 2.23. The van der Waals surface area contributed by atoms with E-state index in [0.29, 0.717) is 0 Å². The number of fused-ring (bicyclic) bond motifs is 1. The minimum absolute atomic E-state index is 0.0849. The summed E-state index contributed by atoms with van der Waals surface area (Å²) in [5.41, 5.74) is 1.23. The van der Waals surface area contributed by atoms with Crippen LogP contribution in [0, 0.1) is 0 Å². The van der Waals surface area contributed by atoms with Crippen molar-refractivity contribution in [3.63, 3.8) is 0 Å². The van der Waals surface area contributed by atoms with Crippen LogP contribution in [0.3, 0.4) is 0 Å². The third-order valence-electron chi connectivity index (χ3n) is 3.19. The molecule has 0 aromatic heterocycles. The van der Waals surface area contributed by atoms with E-state index in [1.807, 2.05) is 0 Å². The van der Waals surface area contributed by atoms with E-state index >= 15 is 0 Å². The van der Waals surface area contributed by atoms with Crippen LogP contribution in [0.25, 0.3) is 0 Å². The lowest BCUT2D eigenvalue weighted by Gasteiger charge is -2.23. The number of hydrogen-bond acceptors (Lipinski definition) is 1. The molecule has 0 spiro atoms. The minimum Gasteiger partial charge on any atom is -0.483 e. The van der Waals surface area contributed by atoms with Crippen LogP contribution in [-0.4, -0.2) is 18.3 Å². The van der Waals surface area contributed by atoms with Gasteiger partial charge < -0.3 is 4.74 Å². The van der Waals surface area contributed by atoms with E-state index in [-0.39, 0.29) is 10.8 Å². The van der Waals surface area contributed by atoms with Gasteiger partial charge in [-0.05, 0) is 48.5 Å². The molecule has 0 amide bonds. The quantitative estimate of drug-likeness (QED) is 0.547. The zero-order valence-electron chi connectivity index (χ0n) is 11.4. The third kappa shape index (κ3) is 2.52. The van der Waals surface area contributed by atoms with Crippen LogP contribution >= 0.6 is 7.80 Å². The first-order valence-electron chi connectivity index (χ1n) is 6.15. The van der Waals surface area contributed by atoms with Crippen molar-refractivity contribution >= 4 is 20.7 Å². The second-order valence-electron chi connectivity index (χ2n) is 6.50. The van der Waals surface area contributed by atoms with Crippen molar-refractivity contribution in [2.75, 3.05) is 0 Å². The van der Waals surface area contributed by atoms with Gasteiger partial charge in [-0.1, -0.05) is 12.1 Å². The number of benzene rings is 1. The second-order valence-corrected chi connectivity index (χ2v) is 9.36. The van der Waals surface area contributed by atoms with Crippen LogP contribution in [0.1, 0.15) is 40.2 Å². The molecular weight excluding hydrogens is 226 g/mol. The van der Waals surface area contributed by atoms with E-state index in [9.17, 15) is 0 Å². The molecule has 17 heavy (non-hydrogen) atoms. The summed E-state index contributed by atoms with van der Waals surface area (Å²) >= 11 is 0. The lowest BCUT2D eigenvalue weighted by atomic mass is 10.0. The normalized spacial score (nSPS) is 19.6. The number of ether oxygens (including phenoxy) is 1. The molecule has 1 unspecified atom stereocenters. The van der Waals surface area contributed by atoms with Gasteiger partial charge >= 0.3 is 7.57 Å². The van der Waals surface area contributed by atoms with Crippen molar-refractivity contribution in [3.05, 3.63) is 23.8 Å². The van der Waals surface area contributed by atoms with Crippen molar-refractivity contribution in [1.29, 1.82) is 0 Å². The van der Waals surface area contributed by atoms with E-state index in [2.05, 4.69) is 52.8 Å². The second kappa shape index (κ2) is 4.02. The van der Waals surface area contributed by atoms with Crippen molar-refractivity contribution in [2.24, 2.45) is 0 Å². The molecule has 2 rings (SSSR count). The maximum atomic E-state index is 6.46. The van der Waals surface area contributed by atoms with Gasteiger partial charge in [-0.3, -0.25) is 0 Å². The molecule has 1 atom stereocenters. The molecule has 0 aliphatic carbocycles. The molecule has 1 nitrogen and oxygen atoms in total. The first-order valence-corrected chi connectivity index (χ1v) is 7.73. The average molecular weight is 247 g/mol. The van der Waals surface area contributed by atoms with Crippen molar-refractivity contribution in [2.45, 2.75) is 51.8 Å². The van der Waals surface area contributed by atoms with E-state index in [1.165, 1.54) is 10.9 Å². The number of para-hydroxylation sites is 1. The Hall–Kier alpha value is -0.485. The maximum Gasteiger partial charge on any atom is 0.369 e. The summed E-state index contributed by atoms with van der Waals surface area (Å²) in [4.78, 5) is 0. The highest BCUT2D eigenvalue weighted by Crippen LogP contribution is 2.48. The first kappa shape index (κ1) is 13.0. The summed E-state index contributed by atoms with van der Waals surface area (Å²) < 4.78 is 6.09. The topological polar surface area (TPSA) is 9.23 Å². The summed E-state index contributed by atoms with van der Waals surface area (Å²) in [7, 11) is 5.37. The Morgan fingerprint density at radius 3 is 2.53 bits per heavy atom. The highest BCUT2D eigenvalue weighted by Gasteiger charge is 2.38. The zero-order chi connectivity index (χ0) is 12.8. The highest BCUT2D eigenvalue weighted by molar-refractivity contribution is 7.89.